The Morgan fingerprint density at radius 1 is 1.23 bits per heavy atom. The summed E-state index contributed by atoms with van der Waals surface area (Å²) in [4.78, 5) is 46.3. The van der Waals surface area contributed by atoms with Gasteiger partial charge in [-0.25, -0.2) is 9.78 Å². The fourth-order valence-corrected chi connectivity index (χ4v) is 4.05. The molecule has 12 nitrogen and oxygen atoms in total. The summed E-state index contributed by atoms with van der Waals surface area (Å²) in [5, 5.41) is 6.02. The zero-order valence-corrected chi connectivity index (χ0v) is 19.0. The molecule has 5 rings (SSSR count). The number of fused-ring (bicyclic) bond motifs is 2. The standard InChI is InChI=1S/C23H24N6O6/c1-33-20-6-4-16-22(27-20)28(21(31)11-25-16)8-2-7-24-10-15-12-29(23(32)35-15)14-3-5-18-17(9-14)26-19(30)13-34-18/h3-6,9,11,15,24H,2,7-8,10,12-13H2,1H3,(H,26,30). The van der Waals surface area contributed by atoms with Gasteiger partial charge in [0.15, 0.2) is 12.3 Å². The second-order valence-electron chi connectivity index (χ2n) is 8.14. The van der Waals surface area contributed by atoms with Crippen LogP contribution in [0.2, 0.25) is 0 Å². The van der Waals surface area contributed by atoms with E-state index in [9.17, 15) is 14.4 Å². The lowest BCUT2D eigenvalue weighted by atomic mass is 10.2. The Labute approximate surface area is 199 Å². The Kier molecular flexibility index (Phi) is 6.19. The monoisotopic (exact) mass is 480 g/mol. The number of carbonyl (C=O) groups is 2. The molecule has 1 fully saturated rings. The van der Waals surface area contributed by atoms with Crippen LogP contribution in [0, 0.1) is 0 Å². The minimum absolute atomic E-state index is 0.0252. The fourth-order valence-electron chi connectivity index (χ4n) is 4.05. The van der Waals surface area contributed by atoms with E-state index in [4.69, 9.17) is 14.2 Å². The van der Waals surface area contributed by atoms with E-state index in [0.29, 0.717) is 66.8 Å². The van der Waals surface area contributed by atoms with Crippen molar-refractivity contribution < 1.29 is 23.8 Å². The van der Waals surface area contributed by atoms with Crippen molar-refractivity contribution in [1.82, 2.24) is 19.9 Å². The number of rotatable bonds is 8. The van der Waals surface area contributed by atoms with Crippen molar-refractivity contribution in [2.75, 3.05) is 43.6 Å². The van der Waals surface area contributed by atoms with Crippen LogP contribution in [0.3, 0.4) is 0 Å². The highest BCUT2D eigenvalue weighted by molar-refractivity contribution is 5.97. The van der Waals surface area contributed by atoms with Crippen LogP contribution in [0.15, 0.2) is 41.3 Å². The summed E-state index contributed by atoms with van der Waals surface area (Å²) in [5.41, 5.74) is 2.01. The van der Waals surface area contributed by atoms with Crippen molar-refractivity contribution in [3.63, 3.8) is 0 Å². The highest BCUT2D eigenvalue weighted by atomic mass is 16.6. The van der Waals surface area contributed by atoms with Crippen molar-refractivity contribution in [3.8, 4) is 11.6 Å². The van der Waals surface area contributed by atoms with E-state index in [1.54, 1.807) is 34.9 Å². The van der Waals surface area contributed by atoms with Gasteiger partial charge in [-0.3, -0.25) is 19.1 Å². The molecule has 1 unspecified atom stereocenters. The number of cyclic esters (lactones) is 1. The molecule has 2 aliphatic heterocycles. The van der Waals surface area contributed by atoms with Gasteiger partial charge < -0.3 is 24.8 Å². The van der Waals surface area contributed by atoms with E-state index < -0.39 is 6.09 Å². The summed E-state index contributed by atoms with van der Waals surface area (Å²) in [5.74, 6) is 0.740. The topological polar surface area (TPSA) is 137 Å². The molecule has 0 spiro atoms. The lowest BCUT2D eigenvalue weighted by molar-refractivity contribution is -0.118. The molecular weight excluding hydrogens is 456 g/mol. The van der Waals surface area contributed by atoms with E-state index in [0.717, 1.165) is 0 Å². The van der Waals surface area contributed by atoms with Gasteiger partial charge in [-0.05, 0) is 37.2 Å². The SMILES string of the molecule is COc1ccc2ncc(=O)n(CCCNCC3CN(c4ccc5c(c4)NC(=O)CO5)C(=O)O3)c2n1. The van der Waals surface area contributed by atoms with Gasteiger partial charge in [-0.15, -0.1) is 0 Å². The largest absolute Gasteiger partial charge is 0.482 e. The highest BCUT2D eigenvalue weighted by Gasteiger charge is 2.32. The number of nitrogens with one attached hydrogen (secondary N) is 2. The van der Waals surface area contributed by atoms with Gasteiger partial charge in [0.05, 0.1) is 25.5 Å². The maximum atomic E-state index is 12.4. The summed E-state index contributed by atoms with van der Waals surface area (Å²) in [6, 6.07) is 8.64. The molecule has 0 radical (unpaired) electrons. The van der Waals surface area contributed by atoms with Crippen molar-refractivity contribution >= 4 is 34.5 Å². The van der Waals surface area contributed by atoms with Crippen LogP contribution in [0.1, 0.15) is 6.42 Å². The number of aryl methyl sites for hydroxylation is 1. The first-order chi connectivity index (χ1) is 17.0. The van der Waals surface area contributed by atoms with E-state index in [1.807, 2.05) is 0 Å². The third-order valence-electron chi connectivity index (χ3n) is 5.76. The molecule has 0 aliphatic carbocycles. The van der Waals surface area contributed by atoms with Crippen molar-refractivity contribution in [1.29, 1.82) is 0 Å². The number of methoxy groups -OCH3 is 1. The average molecular weight is 480 g/mol. The maximum absolute atomic E-state index is 12.4. The van der Waals surface area contributed by atoms with Crippen LogP contribution in [0.25, 0.3) is 11.2 Å². The van der Waals surface area contributed by atoms with Gasteiger partial charge in [-0.2, -0.15) is 4.98 Å². The molecule has 2 aromatic heterocycles. The van der Waals surface area contributed by atoms with Gasteiger partial charge in [0.25, 0.3) is 11.5 Å². The lowest BCUT2D eigenvalue weighted by Gasteiger charge is -2.20. The number of ether oxygens (including phenoxy) is 3. The third kappa shape index (κ3) is 4.73. The van der Waals surface area contributed by atoms with Crippen LogP contribution in [-0.2, 0) is 16.1 Å². The van der Waals surface area contributed by atoms with Crippen LogP contribution in [-0.4, -0.2) is 66.0 Å². The molecule has 2 amide bonds. The molecule has 0 bridgehead atoms. The summed E-state index contributed by atoms with van der Waals surface area (Å²) >= 11 is 0. The zero-order chi connectivity index (χ0) is 24.4. The quantitative estimate of drug-likeness (QED) is 0.455. The number of hydrogen-bond acceptors (Lipinski definition) is 9. The number of aromatic nitrogens is 3. The second-order valence-corrected chi connectivity index (χ2v) is 8.14. The number of anilines is 2. The highest BCUT2D eigenvalue weighted by Crippen LogP contribution is 2.33. The zero-order valence-electron chi connectivity index (χ0n) is 19.0. The normalized spacial score (nSPS) is 17.1. The minimum Gasteiger partial charge on any atom is -0.482 e. The molecule has 12 heteroatoms. The summed E-state index contributed by atoms with van der Waals surface area (Å²) in [7, 11) is 1.52. The minimum atomic E-state index is -0.449. The Hall–Kier alpha value is -4.19. The van der Waals surface area contributed by atoms with Crippen molar-refractivity contribution in [3.05, 3.63) is 46.9 Å². The first-order valence-electron chi connectivity index (χ1n) is 11.2. The Morgan fingerprint density at radius 2 is 2.11 bits per heavy atom. The van der Waals surface area contributed by atoms with Crippen molar-refractivity contribution in [2.45, 2.75) is 19.1 Å². The summed E-state index contributed by atoms with van der Waals surface area (Å²) in [6.45, 7) is 1.87. The predicted octanol–water partition coefficient (Wildman–Crippen LogP) is 1.14. The number of carbonyl (C=O) groups excluding carboxylic acids is 2. The smallest absolute Gasteiger partial charge is 0.414 e. The number of amides is 2. The molecule has 1 saturated heterocycles. The number of hydrogen-bond donors (Lipinski definition) is 2. The molecule has 0 saturated carbocycles. The number of pyridine rings is 1. The average Bonchev–Trinajstić information content (AvgIpc) is 3.24. The van der Waals surface area contributed by atoms with E-state index in [2.05, 4.69) is 20.6 Å². The van der Waals surface area contributed by atoms with Gasteiger partial charge in [0.2, 0.25) is 5.88 Å². The summed E-state index contributed by atoms with van der Waals surface area (Å²) < 4.78 is 17.6. The third-order valence-corrected chi connectivity index (χ3v) is 5.76. The molecular formula is C23H24N6O6. The van der Waals surface area contributed by atoms with E-state index >= 15 is 0 Å². The lowest BCUT2D eigenvalue weighted by Crippen LogP contribution is -2.32. The fraction of sp³-hybridized carbons (Fsp3) is 0.348. The molecule has 2 aliphatic rings. The van der Waals surface area contributed by atoms with Crippen LogP contribution in [0.5, 0.6) is 11.6 Å². The maximum Gasteiger partial charge on any atom is 0.414 e. The van der Waals surface area contributed by atoms with Crippen molar-refractivity contribution in [2.24, 2.45) is 0 Å². The number of benzene rings is 1. The molecule has 2 N–H and O–H groups in total. The van der Waals surface area contributed by atoms with E-state index in [-0.39, 0.29) is 24.2 Å². The molecule has 1 aromatic carbocycles. The molecule has 3 aromatic rings. The van der Waals surface area contributed by atoms with Gasteiger partial charge in [0, 0.05) is 24.8 Å². The molecule has 1 atom stereocenters. The Bertz CT molecular complexity index is 1340. The van der Waals surface area contributed by atoms with Gasteiger partial charge in [0.1, 0.15) is 17.4 Å². The molecule has 4 heterocycles. The van der Waals surface area contributed by atoms with Crippen LogP contribution < -0.4 is 30.6 Å². The predicted molar refractivity (Wildman–Crippen MR) is 126 cm³/mol. The van der Waals surface area contributed by atoms with Gasteiger partial charge in [-0.1, -0.05) is 0 Å². The second kappa shape index (κ2) is 9.58. The molecule has 35 heavy (non-hydrogen) atoms. The Balaban J connectivity index is 1.14. The van der Waals surface area contributed by atoms with Crippen LogP contribution in [0.4, 0.5) is 16.2 Å². The Morgan fingerprint density at radius 3 is 2.97 bits per heavy atom. The summed E-state index contributed by atoms with van der Waals surface area (Å²) in [6.07, 6.45) is 1.16. The van der Waals surface area contributed by atoms with E-state index in [1.165, 1.54) is 18.2 Å². The number of nitrogens with zero attached hydrogens (tertiary/aromatic N) is 4. The first-order valence-corrected chi connectivity index (χ1v) is 11.2. The molecule has 182 valence electrons. The first kappa shape index (κ1) is 22.6. The van der Waals surface area contributed by atoms with Gasteiger partial charge >= 0.3 is 6.09 Å². The van der Waals surface area contributed by atoms with Crippen LogP contribution >= 0.6 is 0 Å².